The van der Waals surface area contributed by atoms with Crippen molar-refractivity contribution in [1.82, 2.24) is 0 Å². The summed E-state index contributed by atoms with van der Waals surface area (Å²) in [6, 6.07) is 31.1. The van der Waals surface area contributed by atoms with Crippen LogP contribution in [0, 0.1) is 12.2 Å². The highest BCUT2D eigenvalue weighted by Gasteiger charge is 2.27. The van der Waals surface area contributed by atoms with E-state index in [1.54, 1.807) is 0 Å². The Hall–Kier alpha value is -2.76. The van der Waals surface area contributed by atoms with Crippen LogP contribution in [0.4, 0.5) is 0 Å². The first-order valence-corrected chi connectivity index (χ1v) is 8.96. The zero-order valence-corrected chi connectivity index (χ0v) is 16.3. The lowest BCUT2D eigenvalue weighted by Gasteiger charge is -2.38. The molecule has 26 heavy (non-hydrogen) atoms. The molecule has 0 N–H and O–H groups in total. The van der Waals surface area contributed by atoms with Crippen LogP contribution in [0.1, 0.15) is 0 Å². The first kappa shape index (κ1) is 19.6. The molecule has 0 atom stereocenters. The van der Waals surface area contributed by atoms with Gasteiger partial charge < -0.3 is 10.3 Å². The molecule has 132 valence electrons. The summed E-state index contributed by atoms with van der Waals surface area (Å²) in [6.07, 6.45) is 4.71. The highest BCUT2D eigenvalue weighted by atomic mass is 15.2. The number of quaternary nitrogens is 1. The zero-order valence-electron chi connectivity index (χ0n) is 16.3. The number of hydrogen-bond acceptors (Lipinski definition) is 0. The van der Waals surface area contributed by atoms with E-state index < -0.39 is 6.15 Å². The molecule has 0 spiro atoms. The van der Waals surface area contributed by atoms with Crippen LogP contribution in [0.15, 0.2) is 91.0 Å². The topological polar surface area (TPSA) is 0 Å². The summed E-state index contributed by atoms with van der Waals surface area (Å²) in [7, 11) is 8.50. The molecule has 0 aliphatic heterocycles. The van der Waals surface area contributed by atoms with E-state index in [1.165, 1.54) is 16.4 Å². The molecule has 0 saturated carbocycles. The molecule has 0 fully saturated rings. The Bertz CT molecular complexity index is 725. The van der Waals surface area contributed by atoms with Gasteiger partial charge in [-0.1, -0.05) is 91.0 Å². The Kier molecular flexibility index (Phi) is 6.44. The third-order valence-electron chi connectivity index (χ3n) is 4.15. The SMILES string of the molecule is C#C[B-](c1ccccc1)(c1ccccc1)c1ccccc1.C[N+](C)(C)C. The van der Waals surface area contributed by atoms with Gasteiger partial charge in [0.1, 0.15) is 6.15 Å². The monoisotopic (exact) mass is 341 g/mol. The summed E-state index contributed by atoms with van der Waals surface area (Å²) in [4.78, 5) is 0. The van der Waals surface area contributed by atoms with E-state index in [4.69, 9.17) is 6.42 Å². The van der Waals surface area contributed by atoms with Gasteiger partial charge in [-0.25, -0.2) is 0 Å². The molecule has 0 aromatic heterocycles. The van der Waals surface area contributed by atoms with Crippen LogP contribution in [0.3, 0.4) is 0 Å². The lowest BCUT2D eigenvalue weighted by atomic mass is 9.16. The van der Waals surface area contributed by atoms with E-state index >= 15 is 0 Å². The Labute approximate surface area is 158 Å². The van der Waals surface area contributed by atoms with Gasteiger partial charge >= 0.3 is 0 Å². The molecule has 3 aromatic rings. The molecule has 0 aliphatic rings. The molecule has 0 heterocycles. The summed E-state index contributed by atoms with van der Waals surface area (Å²) < 4.78 is 1.00. The molecule has 0 aliphatic carbocycles. The lowest BCUT2D eigenvalue weighted by Crippen LogP contribution is -2.66. The van der Waals surface area contributed by atoms with E-state index in [1.807, 2.05) is 18.2 Å². The quantitative estimate of drug-likeness (QED) is 0.390. The van der Waals surface area contributed by atoms with Gasteiger partial charge in [-0.05, 0) is 0 Å². The number of benzene rings is 3. The predicted molar refractivity (Wildman–Crippen MR) is 117 cm³/mol. The summed E-state index contributed by atoms with van der Waals surface area (Å²) in [5, 5.41) is 0. The van der Waals surface area contributed by atoms with Crippen molar-refractivity contribution in [2.75, 3.05) is 28.2 Å². The summed E-state index contributed by atoms with van der Waals surface area (Å²) >= 11 is 0. The average molecular weight is 341 g/mol. The minimum Gasteiger partial charge on any atom is -0.333 e. The highest BCUT2D eigenvalue weighted by molar-refractivity contribution is 7.16. The number of hydrogen-bond donors (Lipinski definition) is 0. The molecule has 0 saturated heterocycles. The van der Waals surface area contributed by atoms with E-state index in [0.29, 0.717) is 0 Å². The first-order chi connectivity index (χ1) is 12.4. The second kappa shape index (κ2) is 8.56. The molecule has 0 amide bonds. The van der Waals surface area contributed by atoms with Crippen molar-refractivity contribution in [3.05, 3.63) is 91.0 Å². The minimum atomic E-state index is -1.37. The number of rotatable bonds is 3. The van der Waals surface area contributed by atoms with Crippen molar-refractivity contribution in [3.8, 4) is 12.2 Å². The second-order valence-electron chi connectivity index (χ2n) is 7.95. The molecule has 2 heteroatoms. The second-order valence-corrected chi connectivity index (χ2v) is 7.95. The van der Waals surface area contributed by atoms with E-state index in [0.717, 1.165) is 4.48 Å². The van der Waals surface area contributed by atoms with Gasteiger partial charge in [0, 0.05) is 0 Å². The van der Waals surface area contributed by atoms with Crippen LogP contribution in [-0.4, -0.2) is 38.8 Å². The molecular formula is C24H28BN. The fourth-order valence-corrected chi connectivity index (χ4v) is 3.09. The van der Waals surface area contributed by atoms with Crippen LogP contribution in [0.25, 0.3) is 0 Å². The van der Waals surface area contributed by atoms with E-state index in [9.17, 15) is 0 Å². The van der Waals surface area contributed by atoms with Crippen LogP contribution in [0.2, 0.25) is 0 Å². The normalized spacial score (nSPS) is 11.0. The summed E-state index contributed by atoms with van der Waals surface area (Å²) in [6.45, 7) is 0. The fourth-order valence-electron chi connectivity index (χ4n) is 3.09. The maximum Gasteiger partial charge on any atom is 0.148 e. The molecule has 0 unspecified atom stereocenters. The van der Waals surface area contributed by atoms with Crippen molar-refractivity contribution in [2.24, 2.45) is 0 Å². The molecule has 1 nitrogen and oxygen atoms in total. The third-order valence-corrected chi connectivity index (χ3v) is 4.15. The summed E-state index contributed by atoms with van der Waals surface area (Å²) in [5.74, 6) is 3.13. The Morgan fingerprint density at radius 1 is 0.577 bits per heavy atom. The van der Waals surface area contributed by atoms with Crippen molar-refractivity contribution in [2.45, 2.75) is 0 Å². The zero-order chi connectivity index (χ0) is 19.0. The van der Waals surface area contributed by atoms with E-state index in [2.05, 4.69) is 107 Å². The first-order valence-electron chi connectivity index (χ1n) is 8.96. The molecule has 0 bridgehead atoms. The van der Waals surface area contributed by atoms with Crippen LogP contribution < -0.4 is 16.4 Å². The van der Waals surface area contributed by atoms with Gasteiger partial charge in [0.25, 0.3) is 0 Å². The molecule has 3 aromatic carbocycles. The van der Waals surface area contributed by atoms with Gasteiger partial charge in [0.2, 0.25) is 0 Å². The van der Waals surface area contributed by atoms with Crippen LogP contribution in [0.5, 0.6) is 0 Å². The van der Waals surface area contributed by atoms with Gasteiger partial charge in [0.15, 0.2) is 0 Å². The number of terminal acetylenes is 1. The highest BCUT2D eigenvalue weighted by Crippen LogP contribution is 2.06. The maximum absolute atomic E-state index is 6.08. The predicted octanol–water partition coefficient (Wildman–Crippen LogP) is 2.65. The standard InChI is InChI=1S/C20H16B.C4H12N/c1-2-21(18-12-6-3-7-13-18,19-14-8-4-9-15-19)20-16-10-5-11-17-20;1-5(2,3)4/h1,3-17H;1-4H3/q-1;+1. The third kappa shape index (κ3) is 4.88. The molecular weight excluding hydrogens is 313 g/mol. The van der Waals surface area contributed by atoms with Crippen molar-refractivity contribution in [1.29, 1.82) is 0 Å². The maximum atomic E-state index is 6.08. The van der Waals surface area contributed by atoms with Gasteiger partial charge in [0.05, 0.1) is 28.2 Å². The van der Waals surface area contributed by atoms with Crippen molar-refractivity contribution in [3.63, 3.8) is 0 Å². The largest absolute Gasteiger partial charge is 0.333 e. The number of nitrogens with zero attached hydrogens (tertiary/aromatic N) is 1. The molecule has 0 radical (unpaired) electrons. The van der Waals surface area contributed by atoms with Gasteiger partial charge in [-0.3, -0.25) is 0 Å². The summed E-state index contributed by atoms with van der Waals surface area (Å²) in [5.41, 5.74) is 3.53. The Morgan fingerprint density at radius 3 is 1.00 bits per heavy atom. The Morgan fingerprint density at radius 2 is 0.808 bits per heavy atom. The Balaban J connectivity index is 0.000000431. The van der Waals surface area contributed by atoms with Gasteiger partial charge in [-0.15, -0.1) is 0 Å². The van der Waals surface area contributed by atoms with Crippen molar-refractivity contribution >= 4 is 22.5 Å². The fraction of sp³-hybridized carbons (Fsp3) is 0.167. The van der Waals surface area contributed by atoms with Crippen LogP contribution in [-0.2, 0) is 0 Å². The lowest BCUT2D eigenvalue weighted by molar-refractivity contribution is -0.849. The smallest absolute Gasteiger partial charge is 0.148 e. The van der Waals surface area contributed by atoms with Gasteiger partial charge in [-0.2, -0.15) is 22.8 Å². The molecule has 3 rings (SSSR count). The average Bonchev–Trinajstić information content (AvgIpc) is 2.64. The van der Waals surface area contributed by atoms with Crippen LogP contribution >= 0.6 is 0 Å². The van der Waals surface area contributed by atoms with E-state index in [-0.39, 0.29) is 0 Å². The minimum absolute atomic E-state index is 1.00. The van der Waals surface area contributed by atoms with Crippen molar-refractivity contribution < 1.29 is 4.48 Å².